The molecule has 11 nitrogen and oxygen atoms in total. The summed E-state index contributed by atoms with van der Waals surface area (Å²) in [4.78, 5) is 31.1. The van der Waals surface area contributed by atoms with E-state index in [1.807, 2.05) is 24.3 Å². The molecule has 0 aliphatic carbocycles. The standard InChI is InChI=1S/C33H44Cl2N6O5S/c1-24(22-37-33(36-2)41-14-12-39(13-15-41)9-4-16-47(3,44)45)46-31-18-26(17-30(38-31)27-19-28(34)21-29(35)20-27)23-40-10-7-25(8-11-40)5-6-32(42)43/h17-22,25H,2,4-16,23H2,1,3H3,(H,42,43)/b24-22+,37-33?. The average Bonchev–Trinajstić information content (AvgIpc) is 3.00. The minimum absolute atomic E-state index is 0.194. The maximum Gasteiger partial charge on any atom is 0.303 e. The van der Waals surface area contributed by atoms with Crippen LogP contribution < -0.4 is 4.74 Å². The minimum Gasteiger partial charge on any atom is -0.481 e. The van der Waals surface area contributed by atoms with E-state index in [9.17, 15) is 13.2 Å². The summed E-state index contributed by atoms with van der Waals surface area (Å²) < 4.78 is 29.0. The third kappa shape index (κ3) is 12.5. The van der Waals surface area contributed by atoms with E-state index in [1.54, 1.807) is 19.2 Å². The summed E-state index contributed by atoms with van der Waals surface area (Å²) >= 11 is 12.6. The van der Waals surface area contributed by atoms with Crippen LogP contribution in [-0.4, -0.2) is 110 Å². The van der Waals surface area contributed by atoms with Gasteiger partial charge in [-0.25, -0.2) is 23.4 Å². The molecule has 2 aromatic rings. The number of ether oxygens (including phenoxy) is 1. The Labute approximate surface area is 287 Å². The molecule has 0 saturated carbocycles. The third-order valence-electron chi connectivity index (χ3n) is 8.31. The Hall–Kier alpha value is -3.03. The highest BCUT2D eigenvalue weighted by Gasteiger charge is 2.22. The smallest absolute Gasteiger partial charge is 0.303 e. The van der Waals surface area contributed by atoms with E-state index in [2.05, 4.69) is 31.4 Å². The number of pyridine rings is 1. The number of sulfone groups is 1. The number of piperazine rings is 1. The molecule has 0 amide bonds. The lowest BCUT2D eigenvalue weighted by molar-refractivity contribution is -0.137. The number of allylic oxidation sites excluding steroid dienone is 1. The molecule has 2 saturated heterocycles. The predicted molar refractivity (Wildman–Crippen MR) is 188 cm³/mol. The number of nitrogens with zero attached hydrogens (tertiary/aromatic N) is 6. The van der Waals surface area contributed by atoms with Crippen molar-refractivity contribution in [3.63, 3.8) is 0 Å². The summed E-state index contributed by atoms with van der Waals surface area (Å²) in [5.74, 6) is 1.30. The number of carboxylic acids is 1. The van der Waals surface area contributed by atoms with Crippen LogP contribution in [0.3, 0.4) is 0 Å². The number of piperidine rings is 1. The number of aliphatic imine (C=N–C) groups is 2. The highest BCUT2D eigenvalue weighted by atomic mass is 35.5. The molecule has 1 aromatic carbocycles. The Bertz CT molecular complexity index is 1550. The predicted octanol–water partition coefficient (Wildman–Crippen LogP) is 5.48. The molecule has 1 aromatic heterocycles. The Morgan fingerprint density at radius 2 is 1.74 bits per heavy atom. The fourth-order valence-electron chi connectivity index (χ4n) is 5.86. The molecule has 2 fully saturated rings. The van der Waals surface area contributed by atoms with Gasteiger partial charge in [0.25, 0.3) is 0 Å². The molecule has 14 heteroatoms. The quantitative estimate of drug-likeness (QED) is 0.164. The number of hydrogen-bond donors (Lipinski definition) is 1. The first-order valence-electron chi connectivity index (χ1n) is 15.8. The summed E-state index contributed by atoms with van der Waals surface area (Å²) in [7, 11) is -2.96. The Kier molecular flexibility index (Phi) is 13.6. The molecule has 0 spiro atoms. The second-order valence-corrected chi connectivity index (χ2v) is 15.4. The second kappa shape index (κ2) is 17.4. The van der Waals surface area contributed by atoms with Gasteiger partial charge >= 0.3 is 5.97 Å². The van der Waals surface area contributed by atoms with E-state index in [4.69, 9.17) is 38.0 Å². The Morgan fingerprint density at radius 3 is 2.36 bits per heavy atom. The molecule has 2 aliphatic rings. The molecule has 47 heavy (non-hydrogen) atoms. The molecule has 0 atom stereocenters. The zero-order chi connectivity index (χ0) is 34.0. The van der Waals surface area contributed by atoms with Crippen LogP contribution in [0.2, 0.25) is 10.0 Å². The lowest BCUT2D eigenvalue weighted by Gasteiger charge is -2.35. The summed E-state index contributed by atoms with van der Waals surface area (Å²) in [5, 5.41) is 10.1. The number of halogens is 2. The number of aliphatic carboxylic acids is 1. The third-order valence-corrected chi connectivity index (χ3v) is 9.78. The largest absolute Gasteiger partial charge is 0.481 e. The average molecular weight is 708 g/mol. The molecule has 0 unspecified atom stereocenters. The highest BCUT2D eigenvalue weighted by molar-refractivity contribution is 7.90. The van der Waals surface area contributed by atoms with E-state index >= 15 is 0 Å². The van der Waals surface area contributed by atoms with Crippen LogP contribution in [0.4, 0.5) is 0 Å². The van der Waals surface area contributed by atoms with E-state index in [-0.39, 0.29) is 12.2 Å². The van der Waals surface area contributed by atoms with Crippen LogP contribution in [-0.2, 0) is 21.2 Å². The maximum absolute atomic E-state index is 11.4. The first-order valence-corrected chi connectivity index (χ1v) is 18.6. The van der Waals surface area contributed by atoms with Gasteiger partial charge in [-0.1, -0.05) is 23.2 Å². The summed E-state index contributed by atoms with van der Waals surface area (Å²) in [6.45, 7) is 11.7. The van der Waals surface area contributed by atoms with Crippen LogP contribution in [0, 0.1) is 5.92 Å². The van der Waals surface area contributed by atoms with Crippen LogP contribution in [0.15, 0.2) is 52.3 Å². The molecule has 0 radical (unpaired) electrons. The Morgan fingerprint density at radius 1 is 1.06 bits per heavy atom. The van der Waals surface area contributed by atoms with Crippen LogP contribution in [0.1, 0.15) is 44.6 Å². The summed E-state index contributed by atoms with van der Waals surface area (Å²) in [6.07, 6.45) is 6.36. The van der Waals surface area contributed by atoms with Gasteiger partial charge in [-0.3, -0.25) is 14.6 Å². The van der Waals surface area contributed by atoms with Crippen molar-refractivity contribution in [2.24, 2.45) is 15.9 Å². The van der Waals surface area contributed by atoms with Gasteiger partial charge in [-0.05, 0) is 94.7 Å². The lowest BCUT2D eigenvalue weighted by atomic mass is 9.92. The number of rotatable bonds is 13. The Balaban J connectivity index is 1.44. The monoisotopic (exact) mass is 706 g/mol. The second-order valence-electron chi connectivity index (χ2n) is 12.3. The number of benzene rings is 1. The minimum atomic E-state index is -2.96. The molecule has 3 heterocycles. The molecule has 1 N–H and O–H groups in total. The van der Waals surface area contributed by atoms with Crippen molar-refractivity contribution < 1.29 is 23.1 Å². The van der Waals surface area contributed by atoms with Gasteiger partial charge in [0.15, 0.2) is 0 Å². The molecular formula is C33H44Cl2N6O5S. The van der Waals surface area contributed by atoms with E-state index in [0.717, 1.165) is 63.1 Å². The fourth-order valence-corrected chi connectivity index (χ4v) is 7.04. The molecule has 4 rings (SSSR count). The van der Waals surface area contributed by atoms with Gasteiger partial charge in [0, 0.05) is 67.1 Å². The van der Waals surface area contributed by atoms with Gasteiger partial charge in [-0.15, -0.1) is 0 Å². The number of likely N-dealkylation sites (tertiary alicyclic amines) is 1. The number of carbonyl (C=O) groups is 1. The fraction of sp³-hybridized carbons (Fsp3) is 0.515. The van der Waals surface area contributed by atoms with Crippen molar-refractivity contribution in [3.05, 3.63) is 57.9 Å². The van der Waals surface area contributed by atoms with Crippen LogP contribution >= 0.6 is 23.2 Å². The lowest BCUT2D eigenvalue weighted by Crippen LogP contribution is -2.48. The molecule has 256 valence electrons. The molecule has 0 bridgehead atoms. The first kappa shape index (κ1) is 36.8. The van der Waals surface area contributed by atoms with Crippen molar-refractivity contribution in [1.82, 2.24) is 19.7 Å². The van der Waals surface area contributed by atoms with Gasteiger partial charge < -0.3 is 14.7 Å². The van der Waals surface area contributed by atoms with E-state index in [0.29, 0.717) is 65.3 Å². The number of hydrogen-bond acceptors (Lipinski definition) is 8. The molecule has 2 aliphatic heterocycles. The van der Waals surface area contributed by atoms with Gasteiger partial charge in [-0.2, -0.15) is 0 Å². The number of guanidine groups is 1. The van der Waals surface area contributed by atoms with Crippen molar-refractivity contribution in [3.8, 4) is 17.1 Å². The normalized spacial score (nSPS) is 17.6. The maximum atomic E-state index is 11.4. The van der Waals surface area contributed by atoms with Crippen LogP contribution in [0.25, 0.3) is 11.3 Å². The molecular weight excluding hydrogens is 663 g/mol. The van der Waals surface area contributed by atoms with Crippen LogP contribution in [0.5, 0.6) is 5.88 Å². The zero-order valence-electron chi connectivity index (χ0n) is 27.1. The topological polar surface area (TPSA) is 128 Å². The van der Waals surface area contributed by atoms with Crippen molar-refractivity contribution in [2.75, 3.05) is 57.8 Å². The number of aromatic nitrogens is 1. The van der Waals surface area contributed by atoms with Gasteiger partial charge in [0.05, 0.1) is 17.6 Å². The zero-order valence-corrected chi connectivity index (χ0v) is 29.4. The number of carboxylic acid groups (broad SMARTS) is 1. The highest BCUT2D eigenvalue weighted by Crippen LogP contribution is 2.30. The van der Waals surface area contributed by atoms with Gasteiger partial charge in [0.1, 0.15) is 15.6 Å². The van der Waals surface area contributed by atoms with E-state index in [1.165, 1.54) is 6.26 Å². The summed E-state index contributed by atoms with van der Waals surface area (Å²) in [5.41, 5.74) is 2.47. The first-order chi connectivity index (χ1) is 22.4. The summed E-state index contributed by atoms with van der Waals surface area (Å²) in [6, 6.07) is 9.25. The van der Waals surface area contributed by atoms with Crippen molar-refractivity contribution in [2.45, 2.75) is 45.6 Å². The van der Waals surface area contributed by atoms with Crippen molar-refractivity contribution in [1.29, 1.82) is 0 Å². The van der Waals surface area contributed by atoms with E-state index < -0.39 is 15.8 Å². The van der Waals surface area contributed by atoms with Crippen molar-refractivity contribution >= 4 is 51.7 Å². The van der Waals surface area contributed by atoms with Gasteiger partial charge in [0.2, 0.25) is 11.8 Å². The SMILES string of the molecule is C=NC(=N/C=C(\C)Oc1cc(CN2CCC(CCC(=O)O)CC2)cc(-c2cc(Cl)cc(Cl)c2)n1)N1CCN(CCCS(C)(=O)=O)CC1.